The van der Waals surface area contributed by atoms with E-state index in [4.69, 9.17) is 25.8 Å². The van der Waals surface area contributed by atoms with Gasteiger partial charge in [-0.15, -0.1) is 0 Å². The van der Waals surface area contributed by atoms with Crippen LogP contribution in [0, 0.1) is 5.92 Å². The normalized spacial score (nSPS) is 21.0. The Kier molecular flexibility index (Phi) is 8.65. The van der Waals surface area contributed by atoms with E-state index in [0.717, 1.165) is 0 Å². The van der Waals surface area contributed by atoms with Crippen molar-refractivity contribution in [3.8, 4) is 17.2 Å². The van der Waals surface area contributed by atoms with E-state index in [-0.39, 0.29) is 11.3 Å². The van der Waals surface area contributed by atoms with E-state index in [1.54, 1.807) is 91.0 Å². The molecule has 1 saturated heterocycles. The number of carboxylic acid groups (broad SMARTS) is 1. The van der Waals surface area contributed by atoms with Gasteiger partial charge in [-0.05, 0) is 60.5 Å². The van der Waals surface area contributed by atoms with Crippen molar-refractivity contribution in [2.45, 2.75) is 24.4 Å². The number of benzene rings is 4. The van der Waals surface area contributed by atoms with Crippen LogP contribution in [0.15, 0.2) is 97.1 Å². The van der Waals surface area contributed by atoms with Gasteiger partial charge in [-0.3, -0.25) is 9.59 Å². The number of carboxylic acids is 1. The molecule has 1 amide bonds. The van der Waals surface area contributed by atoms with Gasteiger partial charge in [0.25, 0.3) is 5.91 Å². The molecule has 0 aromatic heterocycles. The molecule has 1 N–H and O–H groups in total. The van der Waals surface area contributed by atoms with Crippen LogP contribution in [0.25, 0.3) is 0 Å². The maximum Gasteiger partial charge on any atom is 0.330 e. The third-order valence-electron chi connectivity index (χ3n) is 8.41. The van der Waals surface area contributed by atoms with Crippen molar-refractivity contribution in [2.75, 3.05) is 21.3 Å². The van der Waals surface area contributed by atoms with Crippen molar-refractivity contribution in [2.24, 2.45) is 5.92 Å². The molecule has 4 aromatic rings. The van der Waals surface area contributed by atoms with Gasteiger partial charge in [0.1, 0.15) is 11.3 Å². The molecule has 4 unspecified atom stereocenters. The van der Waals surface area contributed by atoms with E-state index < -0.39 is 35.3 Å². The Morgan fingerprint density at radius 3 is 1.93 bits per heavy atom. The average molecular weight is 614 g/mol. The number of Topliss-reactive ketones (excluding diaryl/α,β-unsaturated/α-hetero) is 1. The van der Waals surface area contributed by atoms with Crippen LogP contribution in [0.3, 0.4) is 0 Å². The van der Waals surface area contributed by atoms with E-state index in [2.05, 4.69) is 0 Å². The number of carbonyl (C=O) groups excluding carboxylic acids is 2. The summed E-state index contributed by atoms with van der Waals surface area (Å²) < 4.78 is 16.2. The van der Waals surface area contributed by atoms with Crippen molar-refractivity contribution >= 4 is 29.3 Å². The lowest BCUT2D eigenvalue weighted by molar-refractivity contribution is -0.148. The standard InChI is InChI=1S/C35H32ClNO7/c1-35(34(40)41)30(21-10-15-25(36)16-11-21)29(32(38)23-8-6-5-7-9-23)31(22-12-17-26(42-2)18-13-22)37(35)33(39)24-14-19-27(43-3)28(20-24)44-4/h5-20,29-31H,1-4H3,(H,40,41). The minimum atomic E-state index is -1.88. The summed E-state index contributed by atoms with van der Waals surface area (Å²) in [7, 11) is 4.48. The van der Waals surface area contributed by atoms with Crippen LogP contribution in [0.1, 0.15) is 50.7 Å². The molecule has 0 radical (unpaired) electrons. The molecule has 0 saturated carbocycles. The van der Waals surface area contributed by atoms with E-state index >= 15 is 0 Å². The Morgan fingerprint density at radius 2 is 1.36 bits per heavy atom. The van der Waals surface area contributed by atoms with Gasteiger partial charge in [-0.1, -0.05) is 66.2 Å². The lowest BCUT2D eigenvalue weighted by Gasteiger charge is -2.38. The van der Waals surface area contributed by atoms with Crippen LogP contribution in [0.2, 0.25) is 5.02 Å². The maximum absolute atomic E-state index is 14.7. The van der Waals surface area contributed by atoms with Crippen LogP contribution >= 0.6 is 11.6 Å². The summed E-state index contributed by atoms with van der Waals surface area (Å²) in [5.41, 5.74) is -0.149. The number of hydrogen-bond acceptors (Lipinski definition) is 6. The molecule has 226 valence electrons. The molecule has 8 nitrogen and oxygen atoms in total. The summed E-state index contributed by atoms with van der Waals surface area (Å²) in [6.45, 7) is 1.50. The van der Waals surface area contributed by atoms with Gasteiger partial charge in [-0.2, -0.15) is 0 Å². The van der Waals surface area contributed by atoms with Crippen LogP contribution in [-0.4, -0.2) is 54.5 Å². The number of hydrogen-bond donors (Lipinski definition) is 1. The Balaban J connectivity index is 1.81. The molecule has 1 heterocycles. The molecular formula is C35H32ClNO7. The molecule has 0 spiro atoms. The number of halogens is 1. The Bertz CT molecular complexity index is 1670. The van der Waals surface area contributed by atoms with Crippen molar-refractivity contribution in [3.05, 3.63) is 124 Å². The maximum atomic E-state index is 14.7. The quantitative estimate of drug-likeness (QED) is 0.210. The molecule has 0 aliphatic carbocycles. The largest absolute Gasteiger partial charge is 0.497 e. The first kappa shape index (κ1) is 30.6. The number of rotatable bonds is 9. The molecule has 4 aromatic carbocycles. The van der Waals surface area contributed by atoms with Gasteiger partial charge in [0, 0.05) is 22.1 Å². The predicted molar refractivity (Wildman–Crippen MR) is 166 cm³/mol. The monoisotopic (exact) mass is 613 g/mol. The first-order valence-corrected chi connectivity index (χ1v) is 14.3. The van der Waals surface area contributed by atoms with Crippen LogP contribution in [-0.2, 0) is 4.79 Å². The van der Waals surface area contributed by atoms with E-state index in [1.165, 1.54) is 39.2 Å². The van der Waals surface area contributed by atoms with Gasteiger partial charge >= 0.3 is 5.97 Å². The average Bonchev–Trinajstić information content (AvgIpc) is 3.34. The van der Waals surface area contributed by atoms with Crippen molar-refractivity contribution < 1.29 is 33.7 Å². The lowest BCUT2D eigenvalue weighted by atomic mass is 9.71. The SMILES string of the molecule is COc1ccc(C2C(C(=O)c3ccccc3)C(c3ccc(Cl)cc3)C(C)(C(=O)O)N2C(=O)c2ccc(OC)c(OC)c2)cc1. The van der Waals surface area contributed by atoms with Crippen molar-refractivity contribution in [3.63, 3.8) is 0 Å². The minimum absolute atomic E-state index is 0.177. The zero-order valence-corrected chi connectivity index (χ0v) is 25.4. The Hall–Kier alpha value is -4.82. The van der Waals surface area contributed by atoms with E-state index in [1.807, 2.05) is 0 Å². The first-order chi connectivity index (χ1) is 21.1. The highest BCUT2D eigenvalue weighted by atomic mass is 35.5. The second-order valence-electron chi connectivity index (χ2n) is 10.7. The molecule has 4 atom stereocenters. The van der Waals surface area contributed by atoms with E-state index in [0.29, 0.717) is 39.0 Å². The number of ketones is 1. The highest BCUT2D eigenvalue weighted by Gasteiger charge is 2.65. The van der Waals surface area contributed by atoms with Crippen molar-refractivity contribution in [1.82, 2.24) is 4.90 Å². The molecule has 1 aliphatic rings. The first-order valence-electron chi connectivity index (χ1n) is 13.9. The number of aliphatic carboxylic acids is 1. The summed E-state index contributed by atoms with van der Waals surface area (Å²) in [4.78, 5) is 44.1. The summed E-state index contributed by atoms with van der Waals surface area (Å²) in [6.07, 6.45) is 0. The molecule has 44 heavy (non-hydrogen) atoms. The highest BCUT2D eigenvalue weighted by Crippen LogP contribution is 2.57. The number of carbonyl (C=O) groups is 3. The summed E-state index contributed by atoms with van der Waals surface area (Å²) in [5.74, 6) is -2.78. The predicted octanol–water partition coefficient (Wildman–Crippen LogP) is 6.69. The van der Waals surface area contributed by atoms with Gasteiger partial charge < -0.3 is 24.2 Å². The van der Waals surface area contributed by atoms with Gasteiger partial charge in [0.15, 0.2) is 17.3 Å². The zero-order chi connectivity index (χ0) is 31.6. The highest BCUT2D eigenvalue weighted by molar-refractivity contribution is 6.30. The second kappa shape index (κ2) is 12.4. The Morgan fingerprint density at radius 1 is 0.750 bits per heavy atom. The number of ether oxygens (including phenoxy) is 3. The van der Waals surface area contributed by atoms with Gasteiger partial charge in [0.05, 0.1) is 33.3 Å². The van der Waals surface area contributed by atoms with Gasteiger partial charge in [-0.25, -0.2) is 4.79 Å². The summed E-state index contributed by atoms with van der Waals surface area (Å²) >= 11 is 6.23. The smallest absolute Gasteiger partial charge is 0.330 e. The number of nitrogens with zero attached hydrogens (tertiary/aromatic N) is 1. The third kappa shape index (κ3) is 5.26. The topological polar surface area (TPSA) is 102 Å². The van der Waals surface area contributed by atoms with Gasteiger partial charge in [0.2, 0.25) is 0 Å². The third-order valence-corrected chi connectivity index (χ3v) is 8.67. The second-order valence-corrected chi connectivity index (χ2v) is 11.1. The van der Waals surface area contributed by atoms with E-state index in [9.17, 15) is 19.5 Å². The molecule has 9 heteroatoms. The number of amides is 1. The fourth-order valence-corrected chi connectivity index (χ4v) is 6.39. The zero-order valence-electron chi connectivity index (χ0n) is 24.7. The number of likely N-dealkylation sites (tertiary alicyclic amines) is 1. The van der Waals surface area contributed by atoms with Crippen molar-refractivity contribution in [1.29, 1.82) is 0 Å². The molecule has 5 rings (SSSR count). The lowest BCUT2D eigenvalue weighted by Crippen LogP contribution is -2.54. The van der Waals surface area contributed by atoms with Crippen LogP contribution < -0.4 is 14.2 Å². The van der Waals surface area contributed by atoms with Crippen LogP contribution in [0.4, 0.5) is 0 Å². The van der Waals surface area contributed by atoms with Crippen LogP contribution in [0.5, 0.6) is 17.2 Å². The molecule has 1 aliphatic heterocycles. The summed E-state index contributed by atoms with van der Waals surface area (Å²) in [5, 5.41) is 11.5. The fraction of sp³-hybridized carbons (Fsp3) is 0.229. The summed E-state index contributed by atoms with van der Waals surface area (Å²) in [6, 6.07) is 26.1. The molecular weight excluding hydrogens is 582 g/mol. The molecule has 1 fully saturated rings. The fourth-order valence-electron chi connectivity index (χ4n) is 6.26. The number of methoxy groups -OCH3 is 3. The minimum Gasteiger partial charge on any atom is -0.497 e. The molecule has 0 bridgehead atoms. The Labute approximate surface area is 260 Å².